The molecule has 0 aliphatic heterocycles. The number of ether oxygens (including phenoxy) is 1. The van der Waals surface area contributed by atoms with E-state index in [1.165, 1.54) is 12.1 Å². The Morgan fingerprint density at radius 1 is 1.38 bits per heavy atom. The van der Waals surface area contributed by atoms with Crippen LogP contribution in [0.25, 0.3) is 0 Å². The minimum Gasteiger partial charge on any atom is -0.478 e. The Kier molecular flexibility index (Phi) is 5.14. The second-order valence-electron chi connectivity index (χ2n) is 3.23. The molecule has 0 aromatic heterocycles. The molecule has 0 fully saturated rings. The molecule has 1 atom stereocenters. The van der Waals surface area contributed by atoms with Crippen molar-refractivity contribution < 1.29 is 18.8 Å². The highest BCUT2D eigenvalue weighted by atomic mass is 32.2. The van der Waals surface area contributed by atoms with Gasteiger partial charge in [-0.25, -0.2) is 4.79 Å². The van der Waals surface area contributed by atoms with E-state index in [-0.39, 0.29) is 5.56 Å². The number of rotatable bonds is 6. The molecule has 1 unspecified atom stereocenters. The highest BCUT2D eigenvalue weighted by Crippen LogP contribution is 2.09. The molecule has 1 N–H and O–H groups in total. The molecule has 5 heteroatoms. The average Bonchev–Trinajstić information content (AvgIpc) is 2.29. The Morgan fingerprint density at radius 3 is 2.50 bits per heavy atom. The lowest BCUT2D eigenvalue weighted by atomic mass is 10.2. The van der Waals surface area contributed by atoms with Crippen molar-refractivity contribution in [3.63, 3.8) is 0 Å². The lowest BCUT2D eigenvalue weighted by molar-refractivity contribution is 0.0697. The van der Waals surface area contributed by atoms with Crippen LogP contribution in [-0.4, -0.2) is 34.8 Å². The van der Waals surface area contributed by atoms with Gasteiger partial charge in [-0.15, -0.1) is 0 Å². The summed E-state index contributed by atoms with van der Waals surface area (Å²) < 4.78 is 16.6. The molecule has 1 rings (SSSR count). The normalized spacial score (nSPS) is 12.3. The van der Waals surface area contributed by atoms with E-state index in [1.54, 1.807) is 19.2 Å². The Hall–Kier alpha value is -1.20. The third-order valence-corrected chi connectivity index (χ3v) is 3.50. The molecule has 1 aromatic carbocycles. The Balaban J connectivity index is 2.59. The van der Waals surface area contributed by atoms with Crippen LogP contribution in [-0.2, 0) is 15.5 Å². The van der Waals surface area contributed by atoms with Crippen LogP contribution in [0, 0.1) is 0 Å². The summed E-state index contributed by atoms with van der Waals surface area (Å²) in [6, 6.07) is 6.11. The molecule has 16 heavy (non-hydrogen) atoms. The van der Waals surface area contributed by atoms with Crippen molar-refractivity contribution in [3.8, 4) is 0 Å². The Morgan fingerprint density at radius 2 is 2.00 bits per heavy atom. The highest BCUT2D eigenvalue weighted by molar-refractivity contribution is 7.85. The van der Waals surface area contributed by atoms with E-state index >= 15 is 0 Å². The summed E-state index contributed by atoms with van der Waals surface area (Å²) in [4.78, 5) is 11.3. The van der Waals surface area contributed by atoms with E-state index < -0.39 is 16.8 Å². The summed E-state index contributed by atoms with van der Waals surface area (Å²) in [5.41, 5.74) is 0.206. The maximum Gasteiger partial charge on any atom is 0.335 e. The van der Waals surface area contributed by atoms with Gasteiger partial charge < -0.3 is 9.84 Å². The van der Waals surface area contributed by atoms with Crippen molar-refractivity contribution in [2.45, 2.75) is 11.3 Å². The van der Waals surface area contributed by atoms with Gasteiger partial charge in [0.25, 0.3) is 0 Å². The zero-order chi connectivity index (χ0) is 12.0. The van der Waals surface area contributed by atoms with Crippen LogP contribution in [0.2, 0.25) is 0 Å². The van der Waals surface area contributed by atoms with Crippen LogP contribution in [0.5, 0.6) is 0 Å². The van der Waals surface area contributed by atoms with Crippen LogP contribution < -0.4 is 0 Å². The Bertz CT molecular complexity index is 372. The minimum absolute atomic E-state index is 0.206. The van der Waals surface area contributed by atoms with E-state index in [1.807, 2.05) is 0 Å². The summed E-state index contributed by atoms with van der Waals surface area (Å²) in [5.74, 6) is -0.447. The fourth-order valence-electron chi connectivity index (χ4n) is 1.20. The molecule has 0 heterocycles. The molecule has 0 aliphatic carbocycles. The summed E-state index contributed by atoms with van der Waals surface area (Å²) in [6.07, 6.45) is 0.726. The van der Waals surface area contributed by atoms with Gasteiger partial charge in [-0.3, -0.25) is 4.21 Å². The maximum absolute atomic E-state index is 11.7. The Labute approximate surface area is 96.7 Å². The molecule has 88 valence electrons. The van der Waals surface area contributed by atoms with Crippen LogP contribution >= 0.6 is 0 Å². The fourth-order valence-corrected chi connectivity index (χ4v) is 2.26. The molecule has 0 saturated heterocycles. The number of carbonyl (C=O) groups is 1. The zero-order valence-electron chi connectivity index (χ0n) is 9.01. The molecule has 0 amide bonds. The molecule has 0 bridgehead atoms. The van der Waals surface area contributed by atoms with Crippen LogP contribution in [0.15, 0.2) is 29.2 Å². The van der Waals surface area contributed by atoms with E-state index in [4.69, 9.17) is 9.84 Å². The van der Waals surface area contributed by atoms with Gasteiger partial charge in [0.2, 0.25) is 0 Å². The molecule has 0 radical (unpaired) electrons. The highest BCUT2D eigenvalue weighted by Gasteiger charge is 2.06. The van der Waals surface area contributed by atoms with E-state index in [2.05, 4.69) is 0 Å². The molecule has 0 aliphatic rings. The molecular formula is C11H14O4S. The van der Waals surface area contributed by atoms with Gasteiger partial charge in [-0.1, -0.05) is 0 Å². The topological polar surface area (TPSA) is 63.6 Å². The van der Waals surface area contributed by atoms with Gasteiger partial charge in [0.05, 0.1) is 16.4 Å². The first-order valence-corrected chi connectivity index (χ1v) is 6.17. The van der Waals surface area contributed by atoms with Crippen molar-refractivity contribution in [2.24, 2.45) is 0 Å². The monoisotopic (exact) mass is 242 g/mol. The minimum atomic E-state index is -1.08. The van der Waals surface area contributed by atoms with E-state index in [0.29, 0.717) is 17.3 Å². The van der Waals surface area contributed by atoms with Crippen molar-refractivity contribution in [3.05, 3.63) is 29.8 Å². The fraction of sp³-hybridized carbons (Fsp3) is 0.364. The van der Waals surface area contributed by atoms with Crippen LogP contribution in [0.1, 0.15) is 16.8 Å². The average molecular weight is 242 g/mol. The van der Waals surface area contributed by atoms with Crippen molar-refractivity contribution in [2.75, 3.05) is 19.5 Å². The number of carboxylic acids is 1. The first-order valence-electron chi connectivity index (χ1n) is 4.86. The summed E-state index contributed by atoms with van der Waals surface area (Å²) >= 11 is 0. The van der Waals surface area contributed by atoms with E-state index in [0.717, 1.165) is 6.42 Å². The van der Waals surface area contributed by atoms with Gasteiger partial charge in [-0.05, 0) is 30.7 Å². The maximum atomic E-state index is 11.7. The number of aromatic carboxylic acids is 1. The van der Waals surface area contributed by atoms with Crippen molar-refractivity contribution in [1.82, 2.24) is 0 Å². The summed E-state index contributed by atoms with van der Waals surface area (Å²) in [5, 5.41) is 8.70. The molecular weight excluding hydrogens is 228 g/mol. The van der Waals surface area contributed by atoms with Gasteiger partial charge in [0, 0.05) is 24.4 Å². The summed E-state index contributed by atoms with van der Waals surface area (Å²) in [7, 11) is 0.522. The number of methoxy groups -OCH3 is 1. The number of hydrogen-bond donors (Lipinski definition) is 1. The van der Waals surface area contributed by atoms with Gasteiger partial charge in [0.1, 0.15) is 0 Å². The van der Waals surface area contributed by atoms with Crippen LogP contribution in [0.4, 0.5) is 0 Å². The molecule has 4 nitrogen and oxygen atoms in total. The standard InChI is InChI=1S/C11H14O4S/c1-15-7-2-8-16(14)10-5-3-9(4-6-10)11(12)13/h3-6H,2,7-8H2,1H3,(H,12,13). The van der Waals surface area contributed by atoms with Gasteiger partial charge >= 0.3 is 5.97 Å². The van der Waals surface area contributed by atoms with Crippen molar-refractivity contribution >= 4 is 16.8 Å². The lowest BCUT2D eigenvalue weighted by Gasteiger charge is -2.02. The number of hydrogen-bond acceptors (Lipinski definition) is 3. The number of benzene rings is 1. The van der Waals surface area contributed by atoms with Crippen molar-refractivity contribution in [1.29, 1.82) is 0 Å². The first kappa shape index (κ1) is 12.9. The number of carboxylic acid groups (broad SMARTS) is 1. The lowest BCUT2D eigenvalue weighted by Crippen LogP contribution is -2.02. The van der Waals surface area contributed by atoms with E-state index in [9.17, 15) is 9.00 Å². The molecule has 0 saturated carbocycles. The summed E-state index contributed by atoms with van der Waals surface area (Å²) in [6.45, 7) is 0.582. The third kappa shape index (κ3) is 3.75. The van der Waals surface area contributed by atoms with Gasteiger partial charge in [0.15, 0.2) is 0 Å². The first-order chi connectivity index (χ1) is 7.65. The largest absolute Gasteiger partial charge is 0.478 e. The zero-order valence-corrected chi connectivity index (χ0v) is 9.83. The molecule has 1 aromatic rings. The quantitative estimate of drug-likeness (QED) is 0.768. The second-order valence-corrected chi connectivity index (χ2v) is 4.80. The van der Waals surface area contributed by atoms with Crippen LogP contribution in [0.3, 0.4) is 0 Å². The predicted molar refractivity (Wildman–Crippen MR) is 61.2 cm³/mol. The smallest absolute Gasteiger partial charge is 0.335 e. The molecule has 0 spiro atoms. The third-order valence-electron chi connectivity index (χ3n) is 2.04. The predicted octanol–water partition coefficient (Wildman–Crippen LogP) is 1.53. The second kappa shape index (κ2) is 6.40. The van der Waals surface area contributed by atoms with Gasteiger partial charge in [-0.2, -0.15) is 0 Å². The SMILES string of the molecule is COCCCS(=O)c1ccc(C(=O)O)cc1.